The smallest absolute Gasteiger partial charge is 0.240 e. The standard InChI is InChI=1S/C16H19NO4S/c1-21-15-7-9-16(10-8-15)22(19,20)17-14(12-18)11-13-5-3-2-4-6-13/h2-10,14,17-18H,11-12H2,1H3. The minimum Gasteiger partial charge on any atom is -0.497 e. The Balaban J connectivity index is 2.11. The molecular weight excluding hydrogens is 302 g/mol. The summed E-state index contributed by atoms with van der Waals surface area (Å²) in [4.78, 5) is 0.139. The average Bonchev–Trinajstić information content (AvgIpc) is 2.55. The molecule has 0 fully saturated rings. The van der Waals surface area contributed by atoms with Gasteiger partial charge in [-0.3, -0.25) is 0 Å². The van der Waals surface area contributed by atoms with E-state index in [9.17, 15) is 13.5 Å². The first-order chi connectivity index (χ1) is 10.5. The number of benzene rings is 2. The second kappa shape index (κ2) is 7.40. The highest BCUT2D eigenvalue weighted by Gasteiger charge is 2.20. The van der Waals surface area contributed by atoms with Crippen molar-refractivity contribution in [3.8, 4) is 5.75 Å². The van der Waals surface area contributed by atoms with Gasteiger partial charge < -0.3 is 9.84 Å². The first-order valence-corrected chi connectivity index (χ1v) is 8.34. The van der Waals surface area contributed by atoms with E-state index in [1.54, 1.807) is 12.1 Å². The van der Waals surface area contributed by atoms with E-state index in [4.69, 9.17) is 4.74 Å². The normalized spacial score (nSPS) is 12.8. The molecule has 0 saturated carbocycles. The fourth-order valence-electron chi connectivity index (χ4n) is 2.08. The van der Waals surface area contributed by atoms with E-state index in [0.29, 0.717) is 12.2 Å². The molecule has 2 aromatic carbocycles. The Kier molecular flexibility index (Phi) is 5.54. The number of sulfonamides is 1. The fourth-order valence-corrected chi connectivity index (χ4v) is 3.31. The van der Waals surface area contributed by atoms with E-state index in [2.05, 4.69) is 4.72 Å². The molecule has 118 valence electrons. The molecule has 0 amide bonds. The van der Waals surface area contributed by atoms with Crippen LogP contribution in [0, 0.1) is 0 Å². The van der Waals surface area contributed by atoms with Crippen LogP contribution in [0.5, 0.6) is 5.75 Å². The number of hydrogen-bond acceptors (Lipinski definition) is 4. The molecule has 5 nitrogen and oxygen atoms in total. The van der Waals surface area contributed by atoms with Gasteiger partial charge in [0.2, 0.25) is 10.0 Å². The molecule has 1 atom stereocenters. The predicted octanol–water partition coefficient (Wildman–Crippen LogP) is 1.58. The van der Waals surface area contributed by atoms with Crippen molar-refractivity contribution in [1.29, 1.82) is 0 Å². The molecule has 2 rings (SSSR count). The summed E-state index contributed by atoms with van der Waals surface area (Å²) < 4.78 is 32.2. The number of rotatable bonds is 7. The number of hydrogen-bond donors (Lipinski definition) is 2. The van der Waals surface area contributed by atoms with E-state index in [1.165, 1.54) is 19.2 Å². The van der Waals surface area contributed by atoms with Crippen molar-refractivity contribution in [3.05, 3.63) is 60.2 Å². The summed E-state index contributed by atoms with van der Waals surface area (Å²) in [5.41, 5.74) is 0.957. The van der Waals surface area contributed by atoms with Gasteiger partial charge in [0.15, 0.2) is 0 Å². The summed E-state index contributed by atoms with van der Waals surface area (Å²) in [6.07, 6.45) is 0.423. The second-order valence-corrected chi connectivity index (χ2v) is 6.58. The molecule has 6 heteroatoms. The lowest BCUT2D eigenvalue weighted by Crippen LogP contribution is -2.39. The molecule has 0 aliphatic rings. The van der Waals surface area contributed by atoms with E-state index in [0.717, 1.165) is 5.56 Å². The zero-order chi connectivity index (χ0) is 16.0. The monoisotopic (exact) mass is 321 g/mol. The zero-order valence-corrected chi connectivity index (χ0v) is 13.1. The van der Waals surface area contributed by atoms with Gasteiger partial charge in [-0.05, 0) is 36.2 Å². The van der Waals surface area contributed by atoms with Gasteiger partial charge in [-0.15, -0.1) is 0 Å². The van der Waals surface area contributed by atoms with Crippen LogP contribution in [-0.4, -0.2) is 33.3 Å². The average molecular weight is 321 g/mol. The summed E-state index contributed by atoms with van der Waals surface area (Å²) in [5.74, 6) is 0.585. The van der Waals surface area contributed by atoms with E-state index in [1.807, 2.05) is 30.3 Å². The number of methoxy groups -OCH3 is 1. The van der Waals surface area contributed by atoms with Crippen molar-refractivity contribution in [2.24, 2.45) is 0 Å². The Hall–Kier alpha value is -1.89. The van der Waals surface area contributed by atoms with Crippen LogP contribution in [0.25, 0.3) is 0 Å². The summed E-state index contributed by atoms with van der Waals surface area (Å²) in [6, 6.07) is 15.0. The quantitative estimate of drug-likeness (QED) is 0.812. The lowest BCUT2D eigenvalue weighted by Gasteiger charge is -2.16. The molecule has 2 aromatic rings. The number of ether oxygens (including phenoxy) is 1. The van der Waals surface area contributed by atoms with Gasteiger partial charge in [0.1, 0.15) is 5.75 Å². The van der Waals surface area contributed by atoms with Crippen molar-refractivity contribution >= 4 is 10.0 Å². The minimum absolute atomic E-state index is 0.139. The molecule has 0 bridgehead atoms. The molecule has 1 unspecified atom stereocenters. The highest BCUT2D eigenvalue weighted by atomic mass is 32.2. The molecule has 0 heterocycles. The zero-order valence-electron chi connectivity index (χ0n) is 12.3. The van der Waals surface area contributed by atoms with Crippen LogP contribution in [0.15, 0.2) is 59.5 Å². The maximum Gasteiger partial charge on any atom is 0.240 e. The third-order valence-corrected chi connectivity index (χ3v) is 4.77. The van der Waals surface area contributed by atoms with Crippen molar-refractivity contribution in [3.63, 3.8) is 0 Å². The third-order valence-electron chi connectivity index (χ3n) is 3.24. The SMILES string of the molecule is COc1ccc(S(=O)(=O)NC(CO)Cc2ccccc2)cc1. The Bertz CT molecular complexity index is 684. The molecule has 22 heavy (non-hydrogen) atoms. The van der Waals surface area contributed by atoms with Crippen LogP contribution in [-0.2, 0) is 16.4 Å². The first kappa shape index (κ1) is 16.5. The van der Waals surface area contributed by atoms with Crippen molar-refractivity contribution < 1.29 is 18.3 Å². The highest BCUT2D eigenvalue weighted by molar-refractivity contribution is 7.89. The molecule has 0 aliphatic carbocycles. The van der Waals surface area contributed by atoms with Crippen LogP contribution in [0.1, 0.15) is 5.56 Å². The van der Waals surface area contributed by atoms with Crippen LogP contribution in [0.4, 0.5) is 0 Å². The van der Waals surface area contributed by atoms with Crippen molar-refractivity contribution in [2.45, 2.75) is 17.4 Å². The Morgan fingerprint density at radius 1 is 1.09 bits per heavy atom. The number of aliphatic hydroxyl groups is 1. The second-order valence-electron chi connectivity index (χ2n) is 4.87. The highest BCUT2D eigenvalue weighted by Crippen LogP contribution is 2.16. The number of nitrogens with one attached hydrogen (secondary N) is 1. The van der Waals surface area contributed by atoms with Gasteiger partial charge in [-0.2, -0.15) is 0 Å². The van der Waals surface area contributed by atoms with E-state index >= 15 is 0 Å². The van der Waals surface area contributed by atoms with Gasteiger partial charge in [-0.25, -0.2) is 13.1 Å². The lowest BCUT2D eigenvalue weighted by atomic mass is 10.1. The molecule has 0 aliphatic heterocycles. The van der Waals surface area contributed by atoms with Gasteiger partial charge in [0.05, 0.1) is 18.6 Å². The Labute approximate surface area is 130 Å². The van der Waals surface area contributed by atoms with Gasteiger partial charge in [0.25, 0.3) is 0 Å². The predicted molar refractivity (Wildman–Crippen MR) is 84.3 cm³/mol. The van der Waals surface area contributed by atoms with E-state index in [-0.39, 0.29) is 11.5 Å². The van der Waals surface area contributed by atoms with Gasteiger partial charge in [-0.1, -0.05) is 30.3 Å². The lowest BCUT2D eigenvalue weighted by molar-refractivity contribution is 0.256. The summed E-state index contributed by atoms with van der Waals surface area (Å²) >= 11 is 0. The summed E-state index contributed by atoms with van der Waals surface area (Å²) in [7, 11) is -2.16. The number of aliphatic hydroxyl groups excluding tert-OH is 1. The maximum atomic E-state index is 12.3. The summed E-state index contributed by atoms with van der Waals surface area (Å²) in [6.45, 7) is -0.274. The largest absolute Gasteiger partial charge is 0.497 e. The minimum atomic E-state index is -3.68. The topological polar surface area (TPSA) is 75.6 Å². The summed E-state index contributed by atoms with van der Waals surface area (Å²) in [5, 5.41) is 9.43. The third kappa shape index (κ3) is 4.30. The van der Waals surface area contributed by atoms with Gasteiger partial charge >= 0.3 is 0 Å². The van der Waals surface area contributed by atoms with Crippen LogP contribution in [0.2, 0.25) is 0 Å². The first-order valence-electron chi connectivity index (χ1n) is 6.86. The molecule has 0 spiro atoms. The molecule has 0 saturated heterocycles. The van der Waals surface area contributed by atoms with Crippen molar-refractivity contribution in [1.82, 2.24) is 4.72 Å². The molecule has 2 N–H and O–H groups in total. The van der Waals surface area contributed by atoms with E-state index < -0.39 is 16.1 Å². The Morgan fingerprint density at radius 3 is 2.27 bits per heavy atom. The Morgan fingerprint density at radius 2 is 1.73 bits per heavy atom. The molecule has 0 aromatic heterocycles. The maximum absolute atomic E-state index is 12.3. The van der Waals surface area contributed by atoms with Crippen LogP contribution >= 0.6 is 0 Å². The van der Waals surface area contributed by atoms with Crippen molar-refractivity contribution in [2.75, 3.05) is 13.7 Å². The van der Waals surface area contributed by atoms with Crippen LogP contribution in [0.3, 0.4) is 0 Å². The molecular formula is C16H19NO4S. The van der Waals surface area contributed by atoms with Gasteiger partial charge in [0, 0.05) is 6.04 Å². The molecule has 0 radical (unpaired) electrons. The van der Waals surface area contributed by atoms with Crippen LogP contribution < -0.4 is 9.46 Å². The fraction of sp³-hybridized carbons (Fsp3) is 0.250.